The number of carbonyl (C=O) groups excluding carboxylic acids is 1. The standard InChI is InChI=1S/C17H23N3O2/c21-17-8-4-7-16(18-14-5-2-1-3-6-14)15(17)13-19-9-11-20(22)12-10-19/h1-3,5-6,18,22H,4,7-13H2. The molecule has 0 amide bonds. The van der Waals surface area contributed by atoms with E-state index in [0.717, 1.165) is 42.9 Å². The number of hydrogen-bond acceptors (Lipinski definition) is 5. The van der Waals surface area contributed by atoms with Gasteiger partial charge in [0.15, 0.2) is 5.78 Å². The highest BCUT2D eigenvalue weighted by Gasteiger charge is 2.24. The van der Waals surface area contributed by atoms with E-state index in [0.29, 0.717) is 26.1 Å². The smallest absolute Gasteiger partial charge is 0.161 e. The molecule has 5 heteroatoms. The first-order valence-electron chi connectivity index (χ1n) is 7.96. The van der Waals surface area contributed by atoms with Crippen molar-refractivity contribution >= 4 is 11.5 Å². The van der Waals surface area contributed by atoms with Gasteiger partial charge in [0.2, 0.25) is 0 Å². The molecule has 2 aliphatic rings. The van der Waals surface area contributed by atoms with Gasteiger partial charge in [-0.05, 0) is 25.0 Å². The average molecular weight is 301 g/mol. The third-order valence-corrected chi connectivity index (χ3v) is 4.33. The Hall–Kier alpha value is -1.69. The molecule has 1 aromatic carbocycles. The molecule has 1 heterocycles. The zero-order valence-corrected chi connectivity index (χ0v) is 12.8. The summed E-state index contributed by atoms with van der Waals surface area (Å²) in [4.78, 5) is 14.6. The average Bonchev–Trinajstić information content (AvgIpc) is 2.54. The summed E-state index contributed by atoms with van der Waals surface area (Å²) in [6.45, 7) is 3.56. The predicted octanol–water partition coefficient (Wildman–Crippen LogP) is 2.11. The third-order valence-electron chi connectivity index (χ3n) is 4.33. The Bertz CT molecular complexity index is 548. The van der Waals surface area contributed by atoms with Crippen LogP contribution in [0, 0.1) is 0 Å². The lowest BCUT2D eigenvalue weighted by Crippen LogP contribution is -2.46. The fourth-order valence-electron chi connectivity index (χ4n) is 3.03. The van der Waals surface area contributed by atoms with Crippen LogP contribution in [-0.4, -0.2) is 53.7 Å². The van der Waals surface area contributed by atoms with Crippen molar-refractivity contribution in [3.63, 3.8) is 0 Å². The normalized spacial score (nSPS) is 21.2. The van der Waals surface area contributed by atoms with Crippen molar-refractivity contribution in [2.45, 2.75) is 19.3 Å². The number of hydroxylamine groups is 2. The molecular formula is C17H23N3O2. The van der Waals surface area contributed by atoms with Crippen LogP contribution in [-0.2, 0) is 4.79 Å². The minimum absolute atomic E-state index is 0.260. The van der Waals surface area contributed by atoms with Crippen LogP contribution >= 0.6 is 0 Å². The fourth-order valence-corrected chi connectivity index (χ4v) is 3.03. The lowest BCUT2D eigenvalue weighted by molar-refractivity contribution is -0.119. The van der Waals surface area contributed by atoms with Crippen LogP contribution in [0.15, 0.2) is 41.6 Å². The monoisotopic (exact) mass is 301 g/mol. The number of rotatable bonds is 4. The van der Waals surface area contributed by atoms with Gasteiger partial charge in [-0.15, -0.1) is 0 Å². The summed E-state index contributed by atoms with van der Waals surface area (Å²) < 4.78 is 0. The molecule has 1 aliphatic carbocycles. The van der Waals surface area contributed by atoms with Gasteiger partial charge in [-0.1, -0.05) is 18.2 Å². The van der Waals surface area contributed by atoms with Gasteiger partial charge in [0, 0.05) is 56.1 Å². The van der Waals surface area contributed by atoms with E-state index in [-0.39, 0.29) is 5.78 Å². The van der Waals surface area contributed by atoms with Crippen LogP contribution in [0.5, 0.6) is 0 Å². The van der Waals surface area contributed by atoms with Crippen LogP contribution in [0.4, 0.5) is 5.69 Å². The van der Waals surface area contributed by atoms with Gasteiger partial charge in [-0.25, -0.2) is 0 Å². The van der Waals surface area contributed by atoms with E-state index in [9.17, 15) is 10.0 Å². The Balaban J connectivity index is 1.74. The number of piperazine rings is 1. The minimum atomic E-state index is 0.260. The summed E-state index contributed by atoms with van der Waals surface area (Å²) in [6.07, 6.45) is 2.49. The summed E-state index contributed by atoms with van der Waals surface area (Å²) in [5.74, 6) is 0.260. The SMILES string of the molecule is O=C1CCCC(Nc2ccccc2)=C1CN1CCN(O)CC1. The van der Waals surface area contributed by atoms with E-state index in [4.69, 9.17) is 0 Å². The van der Waals surface area contributed by atoms with Crippen molar-refractivity contribution in [2.75, 3.05) is 38.0 Å². The molecule has 0 aromatic heterocycles. The van der Waals surface area contributed by atoms with Crippen LogP contribution < -0.4 is 5.32 Å². The number of anilines is 1. The number of nitrogens with one attached hydrogen (secondary N) is 1. The number of ketones is 1. The summed E-state index contributed by atoms with van der Waals surface area (Å²) in [5.41, 5.74) is 3.01. The van der Waals surface area contributed by atoms with Crippen molar-refractivity contribution < 1.29 is 10.0 Å². The van der Waals surface area contributed by atoms with E-state index in [2.05, 4.69) is 10.2 Å². The second-order valence-electron chi connectivity index (χ2n) is 5.95. The molecule has 22 heavy (non-hydrogen) atoms. The topological polar surface area (TPSA) is 55.8 Å². The van der Waals surface area contributed by atoms with Crippen molar-refractivity contribution in [3.05, 3.63) is 41.6 Å². The third kappa shape index (κ3) is 3.74. The Morgan fingerprint density at radius 3 is 2.50 bits per heavy atom. The number of allylic oxidation sites excluding steroid dienone is 1. The van der Waals surface area contributed by atoms with E-state index in [1.54, 1.807) is 0 Å². The highest BCUT2D eigenvalue weighted by Crippen LogP contribution is 2.25. The van der Waals surface area contributed by atoms with Crippen LogP contribution in [0.25, 0.3) is 0 Å². The van der Waals surface area contributed by atoms with Gasteiger partial charge in [0.25, 0.3) is 0 Å². The molecule has 1 saturated heterocycles. The minimum Gasteiger partial charge on any atom is -0.359 e. The molecule has 0 radical (unpaired) electrons. The molecule has 0 bridgehead atoms. The Kier molecular flexibility index (Phi) is 4.87. The van der Waals surface area contributed by atoms with Gasteiger partial charge in [-0.3, -0.25) is 9.69 Å². The summed E-state index contributed by atoms with van der Waals surface area (Å²) in [5, 5.41) is 14.2. The Labute approximate surface area is 131 Å². The number of benzene rings is 1. The van der Waals surface area contributed by atoms with Gasteiger partial charge < -0.3 is 10.5 Å². The second-order valence-corrected chi connectivity index (χ2v) is 5.95. The molecule has 1 aliphatic heterocycles. The fraction of sp³-hybridized carbons (Fsp3) is 0.471. The number of carbonyl (C=O) groups is 1. The number of hydrogen-bond donors (Lipinski definition) is 2. The molecule has 118 valence electrons. The van der Waals surface area contributed by atoms with Crippen LogP contribution in [0.1, 0.15) is 19.3 Å². The molecule has 0 unspecified atom stereocenters. The molecule has 0 spiro atoms. The van der Waals surface area contributed by atoms with Gasteiger partial charge >= 0.3 is 0 Å². The number of para-hydroxylation sites is 1. The van der Waals surface area contributed by atoms with Crippen molar-refractivity contribution in [1.82, 2.24) is 9.96 Å². The molecule has 5 nitrogen and oxygen atoms in total. The van der Waals surface area contributed by atoms with E-state index >= 15 is 0 Å². The molecule has 1 aromatic rings. The van der Waals surface area contributed by atoms with Gasteiger partial charge in [-0.2, -0.15) is 5.06 Å². The molecule has 3 rings (SSSR count). The highest BCUT2D eigenvalue weighted by molar-refractivity contribution is 5.97. The van der Waals surface area contributed by atoms with E-state index in [1.165, 1.54) is 5.06 Å². The van der Waals surface area contributed by atoms with E-state index in [1.807, 2.05) is 30.3 Å². The summed E-state index contributed by atoms with van der Waals surface area (Å²) in [6, 6.07) is 10.0. The molecule has 0 saturated carbocycles. The zero-order chi connectivity index (χ0) is 15.4. The highest BCUT2D eigenvalue weighted by atomic mass is 16.5. The largest absolute Gasteiger partial charge is 0.359 e. The van der Waals surface area contributed by atoms with Crippen LogP contribution in [0.3, 0.4) is 0 Å². The Morgan fingerprint density at radius 1 is 1.05 bits per heavy atom. The van der Waals surface area contributed by atoms with Gasteiger partial charge in [0.05, 0.1) is 0 Å². The first-order chi connectivity index (χ1) is 10.7. The second kappa shape index (κ2) is 7.05. The first-order valence-corrected chi connectivity index (χ1v) is 7.96. The van der Waals surface area contributed by atoms with Crippen LogP contribution in [0.2, 0.25) is 0 Å². The molecule has 0 atom stereocenters. The molecule has 1 fully saturated rings. The maximum atomic E-state index is 12.3. The molecular weight excluding hydrogens is 278 g/mol. The maximum Gasteiger partial charge on any atom is 0.161 e. The predicted molar refractivity (Wildman–Crippen MR) is 85.7 cm³/mol. The van der Waals surface area contributed by atoms with Crippen molar-refractivity contribution in [2.24, 2.45) is 0 Å². The Morgan fingerprint density at radius 2 is 1.77 bits per heavy atom. The van der Waals surface area contributed by atoms with E-state index < -0.39 is 0 Å². The summed E-state index contributed by atoms with van der Waals surface area (Å²) >= 11 is 0. The number of Topliss-reactive ketones (excluding diaryl/α,β-unsaturated/α-hetero) is 1. The lowest BCUT2D eigenvalue weighted by atomic mass is 9.94. The van der Waals surface area contributed by atoms with Crippen molar-refractivity contribution in [3.8, 4) is 0 Å². The quantitative estimate of drug-likeness (QED) is 0.892. The summed E-state index contributed by atoms with van der Waals surface area (Å²) in [7, 11) is 0. The lowest BCUT2D eigenvalue weighted by Gasteiger charge is -2.33. The van der Waals surface area contributed by atoms with Crippen molar-refractivity contribution in [1.29, 1.82) is 0 Å². The van der Waals surface area contributed by atoms with Gasteiger partial charge in [0.1, 0.15) is 0 Å². The first kappa shape index (κ1) is 15.2. The number of nitrogens with zero attached hydrogens (tertiary/aromatic N) is 2. The zero-order valence-electron chi connectivity index (χ0n) is 12.8. The maximum absolute atomic E-state index is 12.3. The molecule has 2 N–H and O–H groups in total.